The fraction of sp³-hybridized carbons (Fsp3) is 0.0714. The van der Waals surface area contributed by atoms with Gasteiger partial charge in [0.25, 0.3) is 5.91 Å². The van der Waals surface area contributed by atoms with Gasteiger partial charge in [-0.25, -0.2) is 0 Å². The number of amides is 1. The van der Waals surface area contributed by atoms with Crippen LogP contribution < -0.4 is 5.32 Å². The average Bonchev–Trinajstić information content (AvgIpc) is 2.32. The van der Waals surface area contributed by atoms with Crippen LogP contribution in [0.4, 0.5) is 5.69 Å². The van der Waals surface area contributed by atoms with E-state index < -0.39 is 0 Å². The van der Waals surface area contributed by atoms with E-state index in [-0.39, 0.29) is 5.91 Å². The number of hydrogen-bond acceptors (Lipinski definition) is 1. The largest absolute Gasteiger partial charge is 0.322 e. The van der Waals surface area contributed by atoms with Crippen molar-refractivity contribution in [2.24, 2.45) is 0 Å². The maximum Gasteiger partial charge on any atom is 0.255 e. The Morgan fingerprint density at radius 3 is 2.67 bits per heavy atom. The molecular formula is C14H11ClINO. The van der Waals surface area contributed by atoms with E-state index in [2.05, 4.69) is 27.9 Å². The Labute approximate surface area is 124 Å². The molecule has 0 heterocycles. The molecule has 0 spiro atoms. The van der Waals surface area contributed by atoms with Crippen LogP contribution >= 0.6 is 34.2 Å². The fourth-order valence-corrected chi connectivity index (χ4v) is 2.34. The quantitative estimate of drug-likeness (QED) is 0.774. The van der Waals surface area contributed by atoms with E-state index >= 15 is 0 Å². The lowest BCUT2D eigenvalue weighted by molar-refractivity contribution is 0.102. The number of carbonyl (C=O) groups excluding carboxylic acids is 1. The second-order valence-electron chi connectivity index (χ2n) is 3.88. The molecular weight excluding hydrogens is 361 g/mol. The summed E-state index contributed by atoms with van der Waals surface area (Å²) < 4.78 is 1.08. The lowest BCUT2D eigenvalue weighted by Gasteiger charge is -2.08. The molecule has 0 bridgehead atoms. The first-order chi connectivity index (χ1) is 8.58. The molecule has 92 valence electrons. The summed E-state index contributed by atoms with van der Waals surface area (Å²) in [5.74, 6) is -0.142. The number of hydrogen-bond donors (Lipinski definition) is 1. The number of benzene rings is 2. The highest BCUT2D eigenvalue weighted by Gasteiger charge is 2.10. The zero-order chi connectivity index (χ0) is 13.1. The Morgan fingerprint density at radius 1 is 1.22 bits per heavy atom. The summed E-state index contributed by atoms with van der Waals surface area (Å²) in [6.45, 7) is 1.84. The zero-order valence-electron chi connectivity index (χ0n) is 9.71. The molecule has 0 atom stereocenters. The molecule has 0 saturated heterocycles. The molecule has 18 heavy (non-hydrogen) atoms. The van der Waals surface area contributed by atoms with Gasteiger partial charge in [-0.2, -0.15) is 0 Å². The minimum absolute atomic E-state index is 0.142. The molecule has 2 aromatic carbocycles. The van der Waals surface area contributed by atoms with Crippen LogP contribution in [0, 0.1) is 10.5 Å². The Hall–Kier alpha value is -1.07. The van der Waals surface area contributed by atoms with E-state index in [1.807, 2.05) is 31.2 Å². The molecule has 1 amide bonds. The van der Waals surface area contributed by atoms with Gasteiger partial charge in [0.05, 0.1) is 0 Å². The highest BCUT2D eigenvalue weighted by atomic mass is 127. The normalized spacial score (nSPS) is 10.2. The van der Waals surface area contributed by atoms with Gasteiger partial charge in [-0.3, -0.25) is 4.79 Å². The summed E-state index contributed by atoms with van der Waals surface area (Å²) in [6.07, 6.45) is 0. The van der Waals surface area contributed by atoms with Crippen molar-refractivity contribution in [1.29, 1.82) is 0 Å². The summed E-state index contributed by atoms with van der Waals surface area (Å²) in [7, 11) is 0. The number of rotatable bonds is 2. The maximum atomic E-state index is 12.1. The number of halogens is 2. The van der Waals surface area contributed by atoms with Crippen LogP contribution in [0.3, 0.4) is 0 Å². The van der Waals surface area contributed by atoms with Gasteiger partial charge in [0.15, 0.2) is 0 Å². The Bertz CT molecular complexity index is 598. The second-order valence-corrected chi connectivity index (χ2v) is 5.53. The van der Waals surface area contributed by atoms with Crippen molar-refractivity contribution in [2.75, 3.05) is 5.32 Å². The summed E-state index contributed by atoms with van der Waals surface area (Å²) >= 11 is 8.21. The molecule has 0 aromatic heterocycles. The van der Waals surface area contributed by atoms with Crippen LogP contribution in [-0.4, -0.2) is 5.91 Å². The Morgan fingerprint density at radius 2 is 1.94 bits per heavy atom. The Balaban J connectivity index is 2.25. The van der Waals surface area contributed by atoms with Gasteiger partial charge in [-0.05, 0) is 65.4 Å². The lowest BCUT2D eigenvalue weighted by atomic mass is 10.1. The van der Waals surface area contributed by atoms with E-state index in [4.69, 9.17) is 11.6 Å². The van der Waals surface area contributed by atoms with E-state index in [0.717, 1.165) is 14.8 Å². The van der Waals surface area contributed by atoms with E-state index in [0.29, 0.717) is 10.6 Å². The third kappa shape index (κ3) is 3.03. The number of nitrogens with one attached hydrogen (secondary N) is 1. The number of anilines is 1. The SMILES string of the molecule is Cc1c(Cl)cccc1C(=O)Nc1cccc(I)c1. The van der Waals surface area contributed by atoms with Crippen LogP contribution in [-0.2, 0) is 0 Å². The molecule has 1 N–H and O–H groups in total. The number of carbonyl (C=O) groups is 1. The Kier molecular flexibility index (Phi) is 4.24. The molecule has 0 fully saturated rings. The van der Waals surface area contributed by atoms with Crippen LogP contribution in [0.25, 0.3) is 0 Å². The first-order valence-electron chi connectivity index (χ1n) is 5.40. The van der Waals surface area contributed by atoms with Gasteiger partial charge in [0, 0.05) is 19.8 Å². The molecule has 0 radical (unpaired) electrons. The molecule has 2 aromatic rings. The topological polar surface area (TPSA) is 29.1 Å². The third-order valence-electron chi connectivity index (χ3n) is 2.59. The second kappa shape index (κ2) is 5.71. The lowest BCUT2D eigenvalue weighted by Crippen LogP contribution is -2.13. The van der Waals surface area contributed by atoms with Crippen molar-refractivity contribution in [1.82, 2.24) is 0 Å². The molecule has 2 rings (SSSR count). The highest BCUT2D eigenvalue weighted by molar-refractivity contribution is 14.1. The highest BCUT2D eigenvalue weighted by Crippen LogP contribution is 2.20. The fourth-order valence-electron chi connectivity index (χ4n) is 1.62. The molecule has 0 saturated carbocycles. The van der Waals surface area contributed by atoms with Gasteiger partial charge < -0.3 is 5.32 Å². The summed E-state index contributed by atoms with van der Waals surface area (Å²) in [5.41, 5.74) is 2.18. The van der Waals surface area contributed by atoms with Crippen LogP contribution in [0.15, 0.2) is 42.5 Å². The molecule has 0 aliphatic rings. The molecule has 0 aliphatic heterocycles. The summed E-state index contributed by atoms with van der Waals surface area (Å²) in [6, 6.07) is 13.0. The standard InChI is InChI=1S/C14H11ClINO/c1-9-12(6-3-7-13(9)15)14(18)17-11-5-2-4-10(16)8-11/h2-8H,1H3,(H,17,18). The smallest absolute Gasteiger partial charge is 0.255 e. The van der Waals surface area contributed by atoms with Gasteiger partial charge in [0.1, 0.15) is 0 Å². The van der Waals surface area contributed by atoms with E-state index in [1.54, 1.807) is 18.2 Å². The van der Waals surface area contributed by atoms with Crippen molar-refractivity contribution in [2.45, 2.75) is 6.92 Å². The van der Waals surface area contributed by atoms with Crippen molar-refractivity contribution >= 4 is 45.8 Å². The molecule has 4 heteroatoms. The predicted molar refractivity (Wildman–Crippen MR) is 83.3 cm³/mol. The van der Waals surface area contributed by atoms with E-state index in [9.17, 15) is 4.79 Å². The third-order valence-corrected chi connectivity index (χ3v) is 3.68. The van der Waals surface area contributed by atoms with Gasteiger partial charge in [-0.1, -0.05) is 23.7 Å². The van der Waals surface area contributed by atoms with Crippen molar-refractivity contribution < 1.29 is 4.79 Å². The van der Waals surface area contributed by atoms with Crippen LogP contribution in [0.5, 0.6) is 0 Å². The minimum atomic E-state index is -0.142. The van der Waals surface area contributed by atoms with Gasteiger partial charge in [0.2, 0.25) is 0 Å². The van der Waals surface area contributed by atoms with Gasteiger partial charge >= 0.3 is 0 Å². The van der Waals surface area contributed by atoms with E-state index in [1.165, 1.54) is 0 Å². The van der Waals surface area contributed by atoms with Gasteiger partial charge in [-0.15, -0.1) is 0 Å². The van der Waals surface area contributed by atoms with Crippen molar-refractivity contribution in [3.8, 4) is 0 Å². The van der Waals surface area contributed by atoms with Crippen LogP contribution in [0.1, 0.15) is 15.9 Å². The van der Waals surface area contributed by atoms with Crippen molar-refractivity contribution in [3.05, 3.63) is 62.2 Å². The summed E-state index contributed by atoms with van der Waals surface area (Å²) in [5, 5.41) is 3.47. The predicted octanol–water partition coefficient (Wildman–Crippen LogP) is 4.51. The zero-order valence-corrected chi connectivity index (χ0v) is 12.6. The van der Waals surface area contributed by atoms with Crippen molar-refractivity contribution in [3.63, 3.8) is 0 Å². The molecule has 2 nitrogen and oxygen atoms in total. The monoisotopic (exact) mass is 371 g/mol. The molecule has 0 unspecified atom stereocenters. The summed E-state index contributed by atoms with van der Waals surface area (Å²) in [4.78, 5) is 12.1. The first kappa shape index (κ1) is 13.4. The first-order valence-corrected chi connectivity index (χ1v) is 6.85. The minimum Gasteiger partial charge on any atom is -0.322 e. The van der Waals surface area contributed by atoms with Crippen LogP contribution in [0.2, 0.25) is 5.02 Å². The average molecular weight is 372 g/mol. The molecule has 0 aliphatic carbocycles. The maximum absolute atomic E-state index is 12.1.